The molecule has 0 heterocycles. The molecular formula is C12H14BrF2NO2S. The van der Waals surface area contributed by atoms with Gasteiger partial charge in [-0.3, -0.25) is 0 Å². The molecule has 0 radical (unpaired) electrons. The number of rotatable bonds is 4. The first-order valence-electron chi connectivity index (χ1n) is 5.86. The van der Waals surface area contributed by atoms with E-state index in [0.29, 0.717) is 11.4 Å². The van der Waals surface area contributed by atoms with Crippen LogP contribution in [0.4, 0.5) is 8.78 Å². The largest absolute Gasteiger partial charge is 0.245 e. The first-order chi connectivity index (χ1) is 8.80. The minimum absolute atomic E-state index is 0.265. The molecule has 0 aliphatic heterocycles. The second-order valence-corrected chi connectivity index (χ2v) is 8.10. The van der Waals surface area contributed by atoms with E-state index in [-0.39, 0.29) is 5.92 Å². The van der Waals surface area contributed by atoms with Crippen molar-refractivity contribution in [2.24, 2.45) is 5.92 Å². The maximum atomic E-state index is 13.5. The molecule has 1 saturated carbocycles. The highest BCUT2D eigenvalue weighted by molar-refractivity contribution is 9.09. The van der Waals surface area contributed by atoms with Crippen molar-refractivity contribution < 1.29 is 17.2 Å². The summed E-state index contributed by atoms with van der Waals surface area (Å²) < 4.78 is 52.0. The Morgan fingerprint density at radius 2 is 2.00 bits per heavy atom. The number of benzene rings is 1. The summed E-state index contributed by atoms with van der Waals surface area (Å²) in [4.78, 5) is -0.177. The standard InChI is InChI=1S/C12H14BrF2NO2S/c1-16(7-8-4-9(13)5-8)19(17,18)12-6-10(14)2-3-11(12)15/h2-3,6,8-9H,4-5,7H2,1H3. The Morgan fingerprint density at radius 1 is 1.37 bits per heavy atom. The molecule has 7 heteroatoms. The van der Waals surface area contributed by atoms with Gasteiger partial charge in [0.1, 0.15) is 16.5 Å². The van der Waals surface area contributed by atoms with Gasteiger partial charge < -0.3 is 0 Å². The summed E-state index contributed by atoms with van der Waals surface area (Å²) in [7, 11) is -2.59. The summed E-state index contributed by atoms with van der Waals surface area (Å²) in [6.45, 7) is 0.320. The highest BCUT2D eigenvalue weighted by Gasteiger charge is 2.32. The number of hydrogen-bond acceptors (Lipinski definition) is 2. The molecule has 0 aromatic heterocycles. The van der Waals surface area contributed by atoms with Gasteiger partial charge in [0.05, 0.1) is 0 Å². The van der Waals surface area contributed by atoms with Gasteiger partial charge in [0, 0.05) is 18.4 Å². The summed E-state index contributed by atoms with van der Waals surface area (Å²) >= 11 is 3.43. The zero-order chi connectivity index (χ0) is 14.2. The van der Waals surface area contributed by atoms with Crippen molar-refractivity contribution in [2.75, 3.05) is 13.6 Å². The van der Waals surface area contributed by atoms with Crippen LogP contribution in [-0.2, 0) is 10.0 Å². The molecule has 1 fully saturated rings. The van der Waals surface area contributed by atoms with Crippen molar-refractivity contribution in [3.63, 3.8) is 0 Å². The predicted octanol–water partition coefficient (Wildman–Crippen LogP) is 2.76. The maximum Gasteiger partial charge on any atom is 0.245 e. The predicted molar refractivity (Wildman–Crippen MR) is 71.6 cm³/mol. The Bertz CT molecular complexity index is 573. The SMILES string of the molecule is CN(CC1CC(Br)C1)S(=O)(=O)c1cc(F)ccc1F. The lowest BCUT2D eigenvalue weighted by atomic mass is 9.85. The van der Waals surface area contributed by atoms with E-state index in [4.69, 9.17) is 0 Å². The fraction of sp³-hybridized carbons (Fsp3) is 0.500. The molecule has 0 atom stereocenters. The summed E-state index contributed by atoms with van der Waals surface area (Å²) in [5.74, 6) is -1.43. The minimum atomic E-state index is -3.98. The van der Waals surface area contributed by atoms with E-state index in [9.17, 15) is 17.2 Å². The lowest BCUT2D eigenvalue weighted by Gasteiger charge is -2.34. The fourth-order valence-corrected chi connectivity index (χ4v) is 4.48. The van der Waals surface area contributed by atoms with Crippen LogP contribution in [0.25, 0.3) is 0 Å². The summed E-state index contributed by atoms with van der Waals surface area (Å²) in [5, 5.41) is 0. The van der Waals surface area contributed by atoms with Crippen LogP contribution in [0, 0.1) is 17.6 Å². The highest BCUT2D eigenvalue weighted by Crippen LogP contribution is 2.34. The molecule has 1 aliphatic carbocycles. The Labute approximate surface area is 119 Å². The zero-order valence-electron chi connectivity index (χ0n) is 10.3. The van der Waals surface area contributed by atoms with Gasteiger partial charge in [-0.05, 0) is 37.0 Å². The van der Waals surface area contributed by atoms with Crippen LogP contribution in [0.15, 0.2) is 23.1 Å². The summed E-state index contributed by atoms with van der Waals surface area (Å²) in [6.07, 6.45) is 1.79. The quantitative estimate of drug-likeness (QED) is 0.780. The molecule has 0 N–H and O–H groups in total. The first-order valence-corrected chi connectivity index (χ1v) is 8.21. The van der Waals surface area contributed by atoms with Crippen molar-refractivity contribution in [1.82, 2.24) is 4.31 Å². The van der Waals surface area contributed by atoms with Gasteiger partial charge in [-0.2, -0.15) is 0 Å². The minimum Gasteiger partial charge on any atom is -0.207 e. The average molecular weight is 354 g/mol. The molecular weight excluding hydrogens is 340 g/mol. The Kier molecular flexibility index (Phi) is 4.27. The third-order valence-corrected chi connectivity index (χ3v) is 5.86. The number of hydrogen-bond donors (Lipinski definition) is 0. The normalized spacial score (nSPS) is 23.4. The molecule has 1 aromatic rings. The van der Waals surface area contributed by atoms with Crippen LogP contribution in [0.3, 0.4) is 0 Å². The number of alkyl halides is 1. The highest BCUT2D eigenvalue weighted by atomic mass is 79.9. The van der Waals surface area contributed by atoms with Gasteiger partial charge >= 0.3 is 0 Å². The molecule has 0 amide bonds. The van der Waals surface area contributed by atoms with E-state index < -0.39 is 26.6 Å². The summed E-state index contributed by atoms with van der Waals surface area (Å²) in [6, 6.07) is 2.44. The van der Waals surface area contributed by atoms with Gasteiger partial charge in [0.2, 0.25) is 10.0 Å². The van der Waals surface area contributed by atoms with Crippen LogP contribution in [0.2, 0.25) is 0 Å². The third-order valence-electron chi connectivity index (χ3n) is 3.27. The molecule has 0 unspecified atom stereocenters. The second kappa shape index (κ2) is 5.46. The van der Waals surface area contributed by atoms with Crippen LogP contribution >= 0.6 is 15.9 Å². The van der Waals surface area contributed by atoms with Crippen molar-refractivity contribution in [2.45, 2.75) is 22.6 Å². The number of nitrogens with zero attached hydrogens (tertiary/aromatic N) is 1. The Hall–Kier alpha value is -0.530. The van der Waals surface area contributed by atoms with Crippen molar-refractivity contribution >= 4 is 26.0 Å². The van der Waals surface area contributed by atoms with E-state index in [0.717, 1.165) is 35.3 Å². The molecule has 3 nitrogen and oxygen atoms in total. The first kappa shape index (κ1) is 14.9. The van der Waals surface area contributed by atoms with E-state index >= 15 is 0 Å². The van der Waals surface area contributed by atoms with Gasteiger partial charge in [-0.1, -0.05) is 15.9 Å². The van der Waals surface area contributed by atoms with E-state index in [1.165, 1.54) is 7.05 Å². The van der Waals surface area contributed by atoms with Crippen molar-refractivity contribution in [1.29, 1.82) is 0 Å². The van der Waals surface area contributed by atoms with E-state index in [1.54, 1.807) is 0 Å². The van der Waals surface area contributed by atoms with E-state index in [1.807, 2.05) is 0 Å². The molecule has 19 heavy (non-hydrogen) atoms. The third kappa shape index (κ3) is 3.14. The fourth-order valence-electron chi connectivity index (χ4n) is 2.11. The lowest BCUT2D eigenvalue weighted by molar-refractivity contribution is 0.275. The second-order valence-electron chi connectivity index (χ2n) is 4.79. The van der Waals surface area contributed by atoms with Gasteiger partial charge in [0.15, 0.2) is 0 Å². The molecule has 0 saturated heterocycles. The van der Waals surface area contributed by atoms with Crippen molar-refractivity contribution in [3.05, 3.63) is 29.8 Å². The van der Waals surface area contributed by atoms with Crippen LogP contribution in [0.1, 0.15) is 12.8 Å². The van der Waals surface area contributed by atoms with Crippen molar-refractivity contribution in [3.8, 4) is 0 Å². The smallest absolute Gasteiger partial charge is 0.207 e. The molecule has 0 bridgehead atoms. The Balaban J connectivity index is 2.19. The van der Waals surface area contributed by atoms with Gasteiger partial charge in [0.25, 0.3) is 0 Å². The van der Waals surface area contributed by atoms with Crippen LogP contribution in [-0.4, -0.2) is 31.1 Å². The van der Waals surface area contributed by atoms with E-state index in [2.05, 4.69) is 15.9 Å². The van der Waals surface area contributed by atoms with Crippen LogP contribution in [0.5, 0.6) is 0 Å². The van der Waals surface area contributed by atoms with Gasteiger partial charge in [-0.15, -0.1) is 0 Å². The van der Waals surface area contributed by atoms with Gasteiger partial charge in [-0.25, -0.2) is 21.5 Å². The molecule has 1 aliphatic rings. The molecule has 0 spiro atoms. The topological polar surface area (TPSA) is 37.4 Å². The Morgan fingerprint density at radius 3 is 2.58 bits per heavy atom. The average Bonchev–Trinajstić information content (AvgIpc) is 2.30. The molecule has 1 aromatic carbocycles. The molecule has 106 valence electrons. The molecule has 2 rings (SSSR count). The number of halogens is 3. The maximum absolute atomic E-state index is 13.5. The monoisotopic (exact) mass is 353 g/mol. The zero-order valence-corrected chi connectivity index (χ0v) is 12.7. The summed E-state index contributed by atoms with van der Waals surface area (Å²) in [5.41, 5.74) is 0. The lowest BCUT2D eigenvalue weighted by Crippen LogP contribution is -2.38. The van der Waals surface area contributed by atoms with Crippen LogP contribution < -0.4 is 0 Å². The number of sulfonamides is 1.